The zero-order chi connectivity index (χ0) is 19.1. The van der Waals surface area contributed by atoms with Crippen LogP contribution in [0.25, 0.3) is 6.08 Å². The number of hydrazine groups is 1. The van der Waals surface area contributed by atoms with Gasteiger partial charge in [0, 0.05) is 11.0 Å². The van der Waals surface area contributed by atoms with Crippen molar-refractivity contribution in [2.24, 2.45) is 0 Å². The molecule has 1 heterocycles. The van der Waals surface area contributed by atoms with Gasteiger partial charge in [0.2, 0.25) is 0 Å². The number of hydrogen-bond donors (Lipinski definition) is 2. The van der Waals surface area contributed by atoms with Crippen molar-refractivity contribution in [3.8, 4) is 11.5 Å². The molecule has 0 unspecified atom stereocenters. The third-order valence-corrected chi connectivity index (χ3v) is 5.08. The average molecular weight is 374 g/mol. The number of carbonyl (C=O) groups excluding carboxylic acids is 2. The SMILES string of the molecule is CCc1sc(C(=O)NNC(=O)/C=C/c2ccc(OC)c(OC)c2)cc1C. The van der Waals surface area contributed by atoms with Crippen LogP contribution in [0, 0.1) is 6.92 Å². The highest BCUT2D eigenvalue weighted by Crippen LogP contribution is 2.28. The molecule has 1 aromatic heterocycles. The second-order valence-electron chi connectivity index (χ2n) is 5.46. The fourth-order valence-electron chi connectivity index (χ4n) is 2.33. The zero-order valence-electron chi connectivity index (χ0n) is 15.2. The summed E-state index contributed by atoms with van der Waals surface area (Å²) in [7, 11) is 3.10. The summed E-state index contributed by atoms with van der Waals surface area (Å²) in [5, 5.41) is 0. The van der Waals surface area contributed by atoms with Crippen molar-refractivity contribution in [3.63, 3.8) is 0 Å². The molecule has 2 amide bonds. The van der Waals surface area contributed by atoms with E-state index in [9.17, 15) is 9.59 Å². The minimum absolute atomic E-state index is 0.328. The van der Waals surface area contributed by atoms with Crippen LogP contribution in [0.15, 0.2) is 30.3 Å². The lowest BCUT2D eigenvalue weighted by Crippen LogP contribution is -2.40. The third-order valence-electron chi connectivity index (χ3n) is 3.70. The van der Waals surface area contributed by atoms with Gasteiger partial charge in [-0.3, -0.25) is 20.4 Å². The Labute approximate surface area is 156 Å². The van der Waals surface area contributed by atoms with Crippen LogP contribution in [0.2, 0.25) is 0 Å². The normalized spacial score (nSPS) is 10.6. The smallest absolute Gasteiger partial charge is 0.279 e. The number of aryl methyl sites for hydroxylation is 2. The fourth-order valence-corrected chi connectivity index (χ4v) is 3.34. The number of amides is 2. The largest absolute Gasteiger partial charge is 0.493 e. The first-order chi connectivity index (χ1) is 12.5. The van der Waals surface area contributed by atoms with E-state index in [2.05, 4.69) is 10.9 Å². The van der Waals surface area contributed by atoms with E-state index in [1.165, 1.54) is 17.4 Å². The van der Waals surface area contributed by atoms with E-state index in [1.54, 1.807) is 38.5 Å². The maximum atomic E-state index is 12.1. The Balaban J connectivity index is 1.93. The van der Waals surface area contributed by atoms with Crippen molar-refractivity contribution >= 4 is 29.2 Å². The number of rotatable bonds is 6. The molecule has 0 spiro atoms. The van der Waals surface area contributed by atoms with Crippen LogP contribution >= 0.6 is 11.3 Å². The quantitative estimate of drug-likeness (QED) is 0.602. The molecule has 0 saturated heterocycles. The van der Waals surface area contributed by atoms with E-state index in [4.69, 9.17) is 9.47 Å². The van der Waals surface area contributed by atoms with Crippen molar-refractivity contribution in [3.05, 3.63) is 51.2 Å². The topological polar surface area (TPSA) is 76.7 Å². The Kier molecular flexibility index (Phi) is 6.80. The molecule has 0 radical (unpaired) electrons. The van der Waals surface area contributed by atoms with Gasteiger partial charge in [-0.2, -0.15) is 0 Å². The minimum atomic E-state index is -0.433. The highest BCUT2D eigenvalue weighted by atomic mass is 32.1. The molecule has 2 aromatic rings. The van der Waals surface area contributed by atoms with Crippen LogP contribution in [0.4, 0.5) is 0 Å². The second-order valence-corrected chi connectivity index (χ2v) is 6.60. The standard InChI is InChI=1S/C19H22N2O4S/c1-5-16-12(2)10-17(26-16)19(23)21-20-18(22)9-7-13-6-8-14(24-3)15(11-13)25-4/h6-11H,5H2,1-4H3,(H,20,22)(H,21,23)/b9-7+. The molecule has 0 aliphatic rings. The highest BCUT2D eigenvalue weighted by molar-refractivity contribution is 7.14. The van der Waals surface area contributed by atoms with Crippen molar-refractivity contribution in [1.29, 1.82) is 0 Å². The van der Waals surface area contributed by atoms with Crippen molar-refractivity contribution in [2.45, 2.75) is 20.3 Å². The Bertz CT molecular complexity index is 827. The molecule has 1 aromatic carbocycles. The van der Waals surface area contributed by atoms with Gasteiger partial charge in [0.25, 0.3) is 11.8 Å². The molecule has 7 heteroatoms. The molecule has 26 heavy (non-hydrogen) atoms. The monoisotopic (exact) mass is 374 g/mol. The number of carbonyl (C=O) groups is 2. The predicted octanol–water partition coefficient (Wildman–Crippen LogP) is 3.11. The van der Waals surface area contributed by atoms with Gasteiger partial charge in [-0.05, 0) is 48.7 Å². The van der Waals surface area contributed by atoms with Gasteiger partial charge >= 0.3 is 0 Å². The number of ether oxygens (including phenoxy) is 2. The summed E-state index contributed by atoms with van der Waals surface area (Å²) in [6.45, 7) is 4.01. The Morgan fingerprint density at radius 2 is 1.85 bits per heavy atom. The first-order valence-electron chi connectivity index (χ1n) is 8.08. The van der Waals surface area contributed by atoms with Crippen molar-refractivity contribution in [2.75, 3.05) is 14.2 Å². The first-order valence-corrected chi connectivity index (χ1v) is 8.89. The summed E-state index contributed by atoms with van der Waals surface area (Å²) in [4.78, 5) is 25.7. The number of hydrogen-bond acceptors (Lipinski definition) is 5. The average Bonchev–Trinajstić information content (AvgIpc) is 3.04. The highest BCUT2D eigenvalue weighted by Gasteiger charge is 2.11. The minimum Gasteiger partial charge on any atom is -0.493 e. The molecule has 6 nitrogen and oxygen atoms in total. The second kappa shape index (κ2) is 9.05. The Hall–Kier alpha value is -2.80. The van der Waals surface area contributed by atoms with Gasteiger partial charge in [0.05, 0.1) is 19.1 Å². The molecule has 0 saturated carbocycles. The molecule has 138 valence electrons. The molecule has 0 fully saturated rings. The molecular weight excluding hydrogens is 352 g/mol. The van der Waals surface area contributed by atoms with E-state index in [1.807, 2.05) is 19.9 Å². The van der Waals surface area contributed by atoms with Crippen LogP contribution in [-0.2, 0) is 11.2 Å². The number of methoxy groups -OCH3 is 2. The maximum Gasteiger partial charge on any atom is 0.279 e. The maximum absolute atomic E-state index is 12.1. The molecular formula is C19H22N2O4S. The Morgan fingerprint density at radius 1 is 1.12 bits per heavy atom. The van der Waals surface area contributed by atoms with Crippen LogP contribution in [-0.4, -0.2) is 26.0 Å². The lowest BCUT2D eigenvalue weighted by atomic mass is 10.2. The number of thiophene rings is 1. The van der Waals surface area contributed by atoms with Gasteiger partial charge in [0.15, 0.2) is 11.5 Å². The summed E-state index contributed by atoms with van der Waals surface area (Å²) in [5.41, 5.74) is 6.65. The third kappa shape index (κ3) is 4.86. The van der Waals surface area contributed by atoms with Gasteiger partial charge in [0.1, 0.15) is 0 Å². The van der Waals surface area contributed by atoms with Gasteiger partial charge < -0.3 is 9.47 Å². The summed E-state index contributed by atoms with van der Waals surface area (Å²) in [5.74, 6) is 0.421. The predicted molar refractivity (Wildman–Crippen MR) is 103 cm³/mol. The summed E-state index contributed by atoms with van der Waals surface area (Å²) >= 11 is 1.43. The summed E-state index contributed by atoms with van der Waals surface area (Å²) in [6.07, 6.45) is 3.83. The van der Waals surface area contributed by atoms with E-state index in [0.29, 0.717) is 16.4 Å². The van der Waals surface area contributed by atoms with Gasteiger partial charge in [-0.25, -0.2) is 0 Å². The Morgan fingerprint density at radius 3 is 2.46 bits per heavy atom. The van der Waals surface area contributed by atoms with Gasteiger partial charge in [-0.1, -0.05) is 13.0 Å². The van der Waals surface area contributed by atoms with Crippen molar-refractivity contribution < 1.29 is 19.1 Å². The summed E-state index contributed by atoms with van der Waals surface area (Å²) in [6, 6.07) is 7.12. The lowest BCUT2D eigenvalue weighted by molar-refractivity contribution is -0.117. The molecule has 2 N–H and O–H groups in total. The molecule has 0 aliphatic heterocycles. The van der Waals surface area contributed by atoms with E-state index in [0.717, 1.165) is 22.4 Å². The van der Waals surface area contributed by atoms with E-state index in [-0.39, 0.29) is 5.91 Å². The van der Waals surface area contributed by atoms with Crippen LogP contribution in [0.5, 0.6) is 11.5 Å². The first kappa shape index (κ1) is 19.5. The molecule has 0 aliphatic carbocycles. The summed E-state index contributed by atoms with van der Waals surface area (Å²) < 4.78 is 10.4. The molecule has 0 atom stereocenters. The number of benzene rings is 1. The molecule has 0 bridgehead atoms. The van der Waals surface area contributed by atoms with Gasteiger partial charge in [-0.15, -0.1) is 11.3 Å². The van der Waals surface area contributed by atoms with E-state index < -0.39 is 5.91 Å². The fraction of sp³-hybridized carbons (Fsp3) is 0.263. The van der Waals surface area contributed by atoms with Crippen LogP contribution < -0.4 is 20.3 Å². The van der Waals surface area contributed by atoms with Crippen LogP contribution in [0.3, 0.4) is 0 Å². The zero-order valence-corrected chi connectivity index (χ0v) is 16.0. The van der Waals surface area contributed by atoms with Crippen LogP contribution in [0.1, 0.15) is 32.6 Å². The molecule has 2 rings (SSSR count). The number of nitrogens with one attached hydrogen (secondary N) is 2. The van der Waals surface area contributed by atoms with Crippen molar-refractivity contribution in [1.82, 2.24) is 10.9 Å². The lowest BCUT2D eigenvalue weighted by Gasteiger charge is -2.07. The van der Waals surface area contributed by atoms with E-state index >= 15 is 0 Å².